The second-order valence-corrected chi connectivity index (χ2v) is 8.06. The fraction of sp³-hybridized carbons (Fsp3) is 0.364. The Balaban J connectivity index is 1.32. The molecule has 3 N–H and O–H groups in total. The molecule has 2 fully saturated rings. The molecule has 3 aromatic rings. The maximum atomic E-state index is 13.1. The van der Waals surface area contributed by atoms with Crippen LogP contribution in [-0.4, -0.2) is 35.0 Å². The van der Waals surface area contributed by atoms with Crippen LogP contribution in [0.3, 0.4) is 0 Å². The van der Waals surface area contributed by atoms with Gasteiger partial charge in [-0.3, -0.25) is 0 Å². The van der Waals surface area contributed by atoms with Gasteiger partial charge in [-0.15, -0.1) is 0 Å². The summed E-state index contributed by atoms with van der Waals surface area (Å²) in [6.45, 7) is 1.49. The number of urea groups is 1. The number of benzene rings is 2. The second-order valence-electron chi connectivity index (χ2n) is 8.06. The number of oxazole rings is 1. The van der Waals surface area contributed by atoms with Crippen LogP contribution in [-0.2, 0) is 0 Å². The van der Waals surface area contributed by atoms with Gasteiger partial charge in [-0.1, -0.05) is 6.42 Å². The van der Waals surface area contributed by atoms with E-state index in [-0.39, 0.29) is 17.9 Å². The summed E-state index contributed by atoms with van der Waals surface area (Å²) in [6.07, 6.45) is 3.35. The number of carbonyl (C=O) groups is 1. The van der Waals surface area contributed by atoms with Gasteiger partial charge < -0.3 is 20.4 Å². The number of fused-ring (bicyclic) bond motifs is 2. The molecule has 6 nitrogen and oxygen atoms in total. The molecular weight excluding hydrogens is 371 g/mol. The number of rotatable bonds is 2. The maximum Gasteiger partial charge on any atom is 0.321 e. The van der Waals surface area contributed by atoms with Crippen LogP contribution in [0.1, 0.15) is 19.3 Å². The quantitative estimate of drug-likeness (QED) is 0.681. The molecule has 1 saturated carbocycles. The molecule has 1 aromatic heterocycles. The Morgan fingerprint density at radius 3 is 2.79 bits per heavy atom. The standard InChI is InChI=1S/C22H23FN4O2/c23-15-6-4-13(5-7-15)21-26-19-9-8-16(10-20(19)29-21)25-22(28)27-11-14-2-1-3-18(24)17(14)12-27/h4-10,14,17-18H,1-3,11-12,24H2,(H,25,28). The van der Waals surface area contributed by atoms with Gasteiger partial charge in [-0.25, -0.2) is 14.2 Å². The van der Waals surface area contributed by atoms with Gasteiger partial charge in [0.25, 0.3) is 0 Å². The minimum absolute atomic E-state index is 0.107. The van der Waals surface area contributed by atoms with Crippen molar-refractivity contribution in [3.63, 3.8) is 0 Å². The molecule has 29 heavy (non-hydrogen) atoms. The molecule has 5 rings (SSSR count). The number of hydrogen-bond donors (Lipinski definition) is 2. The van der Waals surface area contributed by atoms with Crippen LogP contribution in [0.5, 0.6) is 0 Å². The summed E-state index contributed by atoms with van der Waals surface area (Å²) in [5, 5.41) is 2.97. The number of hydrogen-bond acceptors (Lipinski definition) is 4. The van der Waals surface area contributed by atoms with Crippen LogP contribution in [0.15, 0.2) is 46.9 Å². The van der Waals surface area contributed by atoms with E-state index in [0.29, 0.717) is 40.1 Å². The Hall–Kier alpha value is -2.93. The Kier molecular flexibility index (Phi) is 4.47. The number of halogens is 1. The zero-order valence-corrected chi connectivity index (χ0v) is 16.0. The van der Waals surface area contributed by atoms with E-state index in [0.717, 1.165) is 32.4 Å². The highest BCUT2D eigenvalue weighted by Gasteiger charge is 2.40. The molecule has 2 aliphatic rings. The van der Waals surface area contributed by atoms with Crippen LogP contribution in [0.25, 0.3) is 22.6 Å². The number of nitrogens with zero attached hydrogens (tertiary/aromatic N) is 2. The van der Waals surface area contributed by atoms with Gasteiger partial charge in [0.1, 0.15) is 11.3 Å². The van der Waals surface area contributed by atoms with Crippen LogP contribution in [0, 0.1) is 17.7 Å². The van der Waals surface area contributed by atoms with E-state index in [9.17, 15) is 9.18 Å². The zero-order valence-electron chi connectivity index (χ0n) is 16.0. The van der Waals surface area contributed by atoms with Crippen molar-refractivity contribution in [1.82, 2.24) is 9.88 Å². The van der Waals surface area contributed by atoms with E-state index in [2.05, 4.69) is 10.3 Å². The van der Waals surface area contributed by atoms with Crippen LogP contribution < -0.4 is 11.1 Å². The summed E-state index contributed by atoms with van der Waals surface area (Å²) in [6, 6.07) is 11.5. The lowest BCUT2D eigenvalue weighted by Crippen LogP contribution is -2.39. The zero-order chi connectivity index (χ0) is 20.0. The molecule has 7 heteroatoms. The highest BCUT2D eigenvalue weighted by molar-refractivity contribution is 5.92. The lowest BCUT2D eigenvalue weighted by Gasteiger charge is -2.29. The predicted molar refractivity (Wildman–Crippen MR) is 109 cm³/mol. The number of anilines is 1. The minimum atomic E-state index is -0.308. The molecule has 2 amide bonds. The molecule has 2 aromatic carbocycles. The molecular formula is C22H23FN4O2. The minimum Gasteiger partial charge on any atom is -0.436 e. The first-order chi connectivity index (χ1) is 14.1. The van der Waals surface area contributed by atoms with Crippen molar-refractivity contribution in [2.75, 3.05) is 18.4 Å². The van der Waals surface area contributed by atoms with Gasteiger partial charge in [-0.05, 0) is 61.1 Å². The SMILES string of the molecule is NC1CCCC2CN(C(=O)Nc3ccc4nc(-c5ccc(F)cc5)oc4c3)CC12. The number of nitrogens with one attached hydrogen (secondary N) is 1. The van der Waals surface area contributed by atoms with Crippen molar-refractivity contribution >= 4 is 22.8 Å². The first-order valence-electron chi connectivity index (χ1n) is 10.0. The van der Waals surface area contributed by atoms with Crippen molar-refractivity contribution in [3.8, 4) is 11.5 Å². The largest absolute Gasteiger partial charge is 0.436 e. The molecule has 1 aliphatic heterocycles. The van der Waals surface area contributed by atoms with Gasteiger partial charge in [-0.2, -0.15) is 0 Å². The first-order valence-corrected chi connectivity index (χ1v) is 10.0. The fourth-order valence-corrected chi connectivity index (χ4v) is 4.60. The lowest BCUT2D eigenvalue weighted by molar-refractivity contribution is 0.219. The average Bonchev–Trinajstić information content (AvgIpc) is 3.33. The molecule has 0 radical (unpaired) electrons. The van der Waals surface area contributed by atoms with Crippen molar-refractivity contribution in [3.05, 3.63) is 48.3 Å². The smallest absolute Gasteiger partial charge is 0.321 e. The Labute approximate surface area is 167 Å². The summed E-state index contributed by atoms with van der Waals surface area (Å²) in [4.78, 5) is 19.1. The topological polar surface area (TPSA) is 84.4 Å². The Bertz CT molecular complexity index is 1050. The number of amides is 2. The van der Waals surface area contributed by atoms with Crippen molar-refractivity contribution in [1.29, 1.82) is 0 Å². The van der Waals surface area contributed by atoms with Gasteiger partial charge >= 0.3 is 6.03 Å². The van der Waals surface area contributed by atoms with Crippen molar-refractivity contribution < 1.29 is 13.6 Å². The molecule has 2 heterocycles. The molecule has 0 spiro atoms. The molecule has 1 saturated heterocycles. The Morgan fingerprint density at radius 1 is 1.17 bits per heavy atom. The van der Waals surface area contributed by atoms with Gasteiger partial charge in [0, 0.05) is 36.4 Å². The van der Waals surface area contributed by atoms with E-state index >= 15 is 0 Å². The van der Waals surface area contributed by atoms with E-state index in [1.807, 2.05) is 11.0 Å². The highest BCUT2D eigenvalue weighted by Crippen LogP contribution is 2.36. The first kappa shape index (κ1) is 18.1. The molecule has 3 unspecified atom stereocenters. The van der Waals surface area contributed by atoms with Gasteiger partial charge in [0.15, 0.2) is 5.58 Å². The number of likely N-dealkylation sites (tertiary alicyclic amines) is 1. The third kappa shape index (κ3) is 3.46. The van der Waals surface area contributed by atoms with E-state index < -0.39 is 0 Å². The van der Waals surface area contributed by atoms with E-state index in [1.54, 1.807) is 24.3 Å². The molecule has 150 valence electrons. The summed E-state index contributed by atoms with van der Waals surface area (Å²) in [5.41, 5.74) is 8.86. The van der Waals surface area contributed by atoms with Gasteiger partial charge in [0.2, 0.25) is 5.89 Å². The number of nitrogens with two attached hydrogens (primary N) is 1. The molecule has 0 bridgehead atoms. The maximum absolute atomic E-state index is 13.1. The van der Waals surface area contributed by atoms with E-state index in [4.69, 9.17) is 10.2 Å². The van der Waals surface area contributed by atoms with Gasteiger partial charge in [0.05, 0.1) is 0 Å². The monoisotopic (exact) mass is 394 g/mol. The lowest BCUT2D eigenvalue weighted by atomic mass is 9.78. The molecule has 3 atom stereocenters. The number of aromatic nitrogens is 1. The third-order valence-electron chi connectivity index (χ3n) is 6.17. The summed E-state index contributed by atoms with van der Waals surface area (Å²) < 4.78 is 18.9. The summed E-state index contributed by atoms with van der Waals surface area (Å²) in [5.74, 6) is 1.03. The Morgan fingerprint density at radius 2 is 2.00 bits per heavy atom. The van der Waals surface area contributed by atoms with Crippen LogP contribution >= 0.6 is 0 Å². The summed E-state index contributed by atoms with van der Waals surface area (Å²) in [7, 11) is 0. The fourth-order valence-electron chi connectivity index (χ4n) is 4.60. The van der Waals surface area contributed by atoms with E-state index in [1.165, 1.54) is 12.1 Å². The van der Waals surface area contributed by atoms with Crippen LogP contribution in [0.4, 0.5) is 14.9 Å². The second kappa shape index (κ2) is 7.15. The predicted octanol–water partition coefficient (Wildman–Crippen LogP) is 4.23. The summed E-state index contributed by atoms with van der Waals surface area (Å²) >= 11 is 0. The van der Waals surface area contributed by atoms with Crippen LogP contribution in [0.2, 0.25) is 0 Å². The highest BCUT2D eigenvalue weighted by atomic mass is 19.1. The molecule has 1 aliphatic carbocycles. The van der Waals surface area contributed by atoms with Crippen molar-refractivity contribution in [2.45, 2.75) is 25.3 Å². The van der Waals surface area contributed by atoms with Crippen molar-refractivity contribution in [2.24, 2.45) is 17.6 Å². The third-order valence-corrected chi connectivity index (χ3v) is 6.17. The number of carbonyl (C=O) groups excluding carboxylic acids is 1. The normalized spacial score (nSPS) is 23.9. The average molecular weight is 394 g/mol.